The van der Waals surface area contributed by atoms with E-state index in [4.69, 9.17) is 18.9 Å². The number of rotatable bonds is 14. The number of H-pyrrole nitrogens is 1. The second kappa shape index (κ2) is 22.2. The first-order valence-electron chi connectivity index (χ1n) is 21.5. The lowest BCUT2D eigenvalue weighted by Crippen LogP contribution is -2.38. The number of aromatic nitrogens is 13. The fourth-order valence-corrected chi connectivity index (χ4v) is 7.67. The van der Waals surface area contributed by atoms with E-state index in [1.807, 2.05) is 30.1 Å². The summed E-state index contributed by atoms with van der Waals surface area (Å²) in [5.74, 6) is -4.39. The minimum atomic E-state index is -0.959. The van der Waals surface area contributed by atoms with E-state index >= 15 is 17.6 Å². The van der Waals surface area contributed by atoms with Crippen molar-refractivity contribution >= 4 is 65.0 Å². The van der Waals surface area contributed by atoms with Crippen LogP contribution in [0.4, 0.5) is 40.8 Å². The number of fused-ring (bicyclic) bond motifs is 2. The van der Waals surface area contributed by atoms with Crippen molar-refractivity contribution in [2.24, 2.45) is 14.1 Å². The van der Waals surface area contributed by atoms with Crippen LogP contribution in [0.25, 0.3) is 44.8 Å². The molecular formula is C47H48F4N16O5S. The molecule has 26 heteroatoms. The van der Waals surface area contributed by atoms with Crippen LogP contribution in [0.5, 0.6) is 23.0 Å². The van der Waals surface area contributed by atoms with Crippen LogP contribution in [0.2, 0.25) is 0 Å². The van der Waals surface area contributed by atoms with Crippen molar-refractivity contribution in [3.8, 4) is 45.5 Å². The van der Waals surface area contributed by atoms with Gasteiger partial charge in [-0.25, -0.2) is 52.4 Å². The van der Waals surface area contributed by atoms with Gasteiger partial charge in [0.05, 0.1) is 77.4 Å². The van der Waals surface area contributed by atoms with E-state index in [9.17, 15) is 4.79 Å². The monoisotopic (exact) mass is 1020 g/mol. The average Bonchev–Trinajstić information content (AvgIpc) is 4.23. The molecule has 10 rings (SSSR count). The summed E-state index contributed by atoms with van der Waals surface area (Å²) in [6.07, 6.45) is 17.2. The number of carbonyl (C=O) groups is 1. The van der Waals surface area contributed by atoms with Crippen LogP contribution in [0.1, 0.15) is 26.1 Å². The number of carbonyl (C=O) groups excluding carboxylic acids is 1. The molecule has 9 aromatic rings. The summed E-state index contributed by atoms with van der Waals surface area (Å²) in [7, 11) is 8.78. The minimum Gasteiger partial charge on any atom is -0.493 e. The Morgan fingerprint density at radius 1 is 0.685 bits per heavy atom. The molecule has 1 aliphatic heterocycles. The van der Waals surface area contributed by atoms with E-state index in [2.05, 4.69) is 60.3 Å². The van der Waals surface area contributed by atoms with E-state index in [0.717, 1.165) is 23.3 Å². The second-order valence-electron chi connectivity index (χ2n) is 15.8. The maximum Gasteiger partial charge on any atom is 0.232 e. The fraction of sp³-hybridized carbons (Fsp3) is 0.255. The van der Waals surface area contributed by atoms with Gasteiger partial charge in [-0.2, -0.15) is 28.6 Å². The molecule has 1 aliphatic rings. The maximum atomic E-state index is 15.5. The van der Waals surface area contributed by atoms with Crippen molar-refractivity contribution in [3.05, 3.63) is 109 Å². The zero-order valence-corrected chi connectivity index (χ0v) is 40.2. The molecule has 380 valence electrons. The van der Waals surface area contributed by atoms with Crippen LogP contribution in [-0.2, 0) is 25.4 Å². The van der Waals surface area contributed by atoms with Crippen LogP contribution >= 0.6 is 13.5 Å². The number of anilines is 4. The molecule has 0 saturated carbocycles. The summed E-state index contributed by atoms with van der Waals surface area (Å²) in [4.78, 5) is 56.9. The predicted molar refractivity (Wildman–Crippen MR) is 266 cm³/mol. The van der Waals surface area contributed by atoms with Crippen molar-refractivity contribution in [2.75, 3.05) is 44.8 Å². The Labute approximate surface area is 421 Å². The number of hydrogen-bond acceptors (Lipinski definition) is 17. The molecule has 0 unspecified atom stereocenters. The molecule has 7 aromatic heterocycles. The molecule has 2 N–H and O–H groups in total. The number of benzene rings is 2. The molecule has 2 aromatic carbocycles. The number of amides is 1. The van der Waals surface area contributed by atoms with Gasteiger partial charge < -0.3 is 38.7 Å². The Kier molecular flexibility index (Phi) is 15.8. The van der Waals surface area contributed by atoms with Gasteiger partial charge in [0, 0.05) is 87.3 Å². The number of aryl methyl sites for hydroxylation is 2. The lowest BCUT2D eigenvalue weighted by atomic mass is 10.1. The summed E-state index contributed by atoms with van der Waals surface area (Å²) >= 11 is 0. The van der Waals surface area contributed by atoms with Crippen molar-refractivity contribution in [1.82, 2.24) is 69.5 Å². The summed E-state index contributed by atoms with van der Waals surface area (Å²) in [6, 6.07) is 3.77. The lowest BCUT2D eigenvalue weighted by Gasteiger charge is -2.27. The largest absolute Gasteiger partial charge is 0.493 e. The molecule has 1 fully saturated rings. The van der Waals surface area contributed by atoms with Crippen molar-refractivity contribution < 1.29 is 41.3 Å². The van der Waals surface area contributed by atoms with Gasteiger partial charge in [-0.15, -0.1) is 0 Å². The molecule has 1 amide bonds. The quantitative estimate of drug-likeness (QED) is 0.104. The first kappa shape index (κ1) is 52.2. The number of methoxy groups -OCH3 is 4. The average molecular weight is 1030 g/mol. The Bertz CT molecular complexity index is 3360. The first-order valence-corrected chi connectivity index (χ1v) is 21.5. The predicted octanol–water partition coefficient (Wildman–Crippen LogP) is 7.06. The summed E-state index contributed by atoms with van der Waals surface area (Å²) in [6.45, 7) is -0.0778. The Hall–Kier alpha value is -8.68. The first-order chi connectivity index (χ1) is 34.3. The number of nitrogens with zero attached hydrogens (tertiary/aromatic N) is 14. The van der Waals surface area contributed by atoms with Crippen LogP contribution in [0.15, 0.2) is 80.2 Å². The highest BCUT2D eigenvalue weighted by molar-refractivity contribution is 7.59. The molecule has 8 heterocycles. The zero-order chi connectivity index (χ0) is 49.9. The van der Waals surface area contributed by atoms with Gasteiger partial charge in [0.25, 0.3) is 0 Å². The van der Waals surface area contributed by atoms with Gasteiger partial charge >= 0.3 is 0 Å². The second-order valence-corrected chi connectivity index (χ2v) is 15.8. The molecule has 0 aliphatic carbocycles. The topological polar surface area (TPSA) is 227 Å². The lowest BCUT2D eigenvalue weighted by molar-refractivity contribution is -0.119. The highest BCUT2D eigenvalue weighted by atomic mass is 32.1. The third-order valence-corrected chi connectivity index (χ3v) is 11.2. The van der Waals surface area contributed by atoms with Gasteiger partial charge in [0.2, 0.25) is 17.8 Å². The molecule has 21 nitrogen and oxygen atoms in total. The number of ether oxygens (including phenoxy) is 4. The normalized spacial score (nSPS) is 12.8. The fourth-order valence-electron chi connectivity index (χ4n) is 7.67. The van der Waals surface area contributed by atoms with Crippen molar-refractivity contribution in [1.29, 1.82) is 0 Å². The van der Waals surface area contributed by atoms with Gasteiger partial charge in [-0.3, -0.25) is 14.4 Å². The van der Waals surface area contributed by atoms with Crippen molar-refractivity contribution in [2.45, 2.75) is 32.9 Å². The molecule has 73 heavy (non-hydrogen) atoms. The number of hydrogen-bond donors (Lipinski definition) is 2. The number of aromatic amines is 1. The molecule has 0 spiro atoms. The van der Waals surface area contributed by atoms with Crippen LogP contribution in [-0.4, -0.2) is 111 Å². The number of nitrogens with one attached hydrogen (secondary N) is 2. The van der Waals surface area contributed by atoms with Crippen LogP contribution in [0, 0.1) is 23.3 Å². The van der Waals surface area contributed by atoms with Gasteiger partial charge in [-0.05, 0) is 12.5 Å². The Morgan fingerprint density at radius 2 is 1.22 bits per heavy atom. The molecule has 1 atom stereocenters. The maximum absolute atomic E-state index is 15.5. The molecule has 0 bridgehead atoms. The summed E-state index contributed by atoms with van der Waals surface area (Å²) in [5.41, 5.74) is 3.08. The number of imidazole rings is 1. The highest BCUT2D eigenvalue weighted by Gasteiger charge is 2.32. The van der Waals surface area contributed by atoms with Crippen LogP contribution in [0.3, 0.4) is 0 Å². The van der Waals surface area contributed by atoms with Crippen LogP contribution < -0.4 is 34.1 Å². The SMILES string of the molecule is C.COc1cc(OC)c(F)c(N(C[C@@H]2CCC(=O)N2)c2ncc3ncc(-c4cnn(C)c4)nc3n2)c1F.COc1cc(OC)c(F)c(N(Cc2ncc[nH]2)c2ncc3ncc(-c4ccn(C)c4)nc3n2)c1F.S. The van der Waals surface area contributed by atoms with Gasteiger partial charge in [-0.1, -0.05) is 7.43 Å². The third kappa shape index (κ3) is 10.7. The van der Waals surface area contributed by atoms with Gasteiger partial charge in [0.1, 0.15) is 28.2 Å². The zero-order valence-electron chi connectivity index (χ0n) is 39.2. The smallest absolute Gasteiger partial charge is 0.232 e. The third-order valence-electron chi connectivity index (χ3n) is 11.2. The van der Waals surface area contributed by atoms with E-state index in [1.54, 1.807) is 42.7 Å². The van der Waals surface area contributed by atoms with Gasteiger partial charge in [0.15, 0.2) is 57.6 Å². The standard InChI is InChI=1S/C23H22F2N8O3.C23H20F2N8O2.CH4.H2S/c1-32-10-12(7-28-32)14-8-26-15-9-27-23(31-22(15)30-14)33(11-13-4-5-18(34)29-13)21-19(24)16(35-2)6-17(36-3)20(21)25;1-32-7-4-13(11-32)14-9-28-15-10-29-23(31-22(15)30-14)33(12-18-26-5-6-27-18)21-19(24)16(34-2)8-17(35-3)20(21)25;;/h6-10,13H,4-5,11H2,1-3H3,(H,29,34);4-11H,12H2,1-3H3,(H,26,27);1H4;1H2/t13-;;;/m0.../s1. The van der Waals surface area contributed by atoms with Crippen molar-refractivity contribution in [3.63, 3.8) is 0 Å². The van der Waals surface area contributed by atoms with E-state index in [1.165, 1.54) is 56.8 Å². The minimum absolute atomic E-state index is 0. The highest BCUT2D eigenvalue weighted by Crippen LogP contribution is 2.41. The molecule has 0 radical (unpaired) electrons. The number of halogens is 4. The van der Waals surface area contributed by atoms with E-state index < -0.39 is 34.6 Å². The van der Waals surface area contributed by atoms with E-state index in [0.29, 0.717) is 41.1 Å². The van der Waals surface area contributed by atoms with E-state index in [-0.39, 0.29) is 92.1 Å². The Balaban J connectivity index is 0.000000208. The Morgan fingerprint density at radius 3 is 1.67 bits per heavy atom. The summed E-state index contributed by atoms with van der Waals surface area (Å²) < 4.78 is 85.8. The summed E-state index contributed by atoms with van der Waals surface area (Å²) in [5, 5.41) is 6.95. The molecule has 1 saturated heterocycles. The molecular weight excluding hydrogens is 977 g/mol.